The number of hydrogen-bond acceptors (Lipinski definition) is 4. The van der Waals surface area contributed by atoms with Gasteiger partial charge in [0.15, 0.2) is 0 Å². The molecular weight excluding hydrogens is 250 g/mol. The first-order chi connectivity index (χ1) is 9.74. The number of aromatic nitrogens is 1. The lowest BCUT2D eigenvalue weighted by Gasteiger charge is -2.39. The zero-order chi connectivity index (χ0) is 14.4. The number of pyridine rings is 1. The summed E-state index contributed by atoms with van der Waals surface area (Å²) in [5.74, 6) is 1.89. The molecule has 1 fully saturated rings. The smallest absolute Gasteiger partial charge is 0.133 e. The Hall–Kier alpha value is -1.13. The largest absolute Gasteiger partial charge is 0.383 e. The summed E-state index contributed by atoms with van der Waals surface area (Å²) in [4.78, 5) is 7.11. The molecular formula is C16H27N3O. The fourth-order valence-corrected chi connectivity index (χ4v) is 2.86. The average molecular weight is 277 g/mol. The van der Waals surface area contributed by atoms with Gasteiger partial charge < -0.3 is 15.0 Å². The Morgan fingerprint density at radius 1 is 1.45 bits per heavy atom. The van der Waals surface area contributed by atoms with Crippen molar-refractivity contribution in [3.05, 3.63) is 23.9 Å². The van der Waals surface area contributed by atoms with E-state index in [2.05, 4.69) is 35.1 Å². The van der Waals surface area contributed by atoms with Gasteiger partial charge in [-0.15, -0.1) is 0 Å². The first-order valence-corrected chi connectivity index (χ1v) is 7.64. The lowest BCUT2D eigenvalue weighted by Crippen LogP contribution is -2.43. The molecule has 0 amide bonds. The fourth-order valence-electron chi connectivity index (χ4n) is 2.86. The minimum Gasteiger partial charge on any atom is -0.383 e. The zero-order valence-corrected chi connectivity index (χ0v) is 12.9. The van der Waals surface area contributed by atoms with Gasteiger partial charge in [-0.1, -0.05) is 13.0 Å². The van der Waals surface area contributed by atoms with Crippen LogP contribution < -0.4 is 10.2 Å². The highest BCUT2D eigenvalue weighted by atomic mass is 16.5. The molecule has 1 saturated heterocycles. The van der Waals surface area contributed by atoms with Crippen LogP contribution in [0.2, 0.25) is 0 Å². The Balaban J connectivity index is 2.06. The Morgan fingerprint density at radius 3 is 3.10 bits per heavy atom. The fraction of sp³-hybridized carbons (Fsp3) is 0.688. The van der Waals surface area contributed by atoms with Crippen LogP contribution in [0.3, 0.4) is 0 Å². The van der Waals surface area contributed by atoms with E-state index < -0.39 is 0 Å². The molecule has 20 heavy (non-hydrogen) atoms. The third kappa shape index (κ3) is 3.70. The van der Waals surface area contributed by atoms with Gasteiger partial charge in [0, 0.05) is 44.5 Å². The number of nitrogens with one attached hydrogen (secondary N) is 1. The van der Waals surface area contributed by atoms with Gasteiger partial charge in [0.2, 0.25) is 0 Å². The number of hydrogen-bond donors (Lipinski definition) is 1. The first-order valence-electron chi connectivity index (χ1n) is 7.64. The molecule has 1 aliphatic heterocycles. The quantitative estimate of drug-likeness (QED) is 0.811. The highest BCUT2D eigenvalue weighted by Gasteiger charge is 2.26. The summed E-state index contributed by atoms with van der Waals surface area (Å²) < 4.78 is 5.07. The van der Waals surface area contributed by atoms with Crippen LogP contribution in [0.15, 0.2) is 18.3 Å². The van der Waals surface area contributed by atoms with Crippen molar-refractivity contribution in [1.29, 1.82) is 0 Å². The Kier molecular flexibility index (Phi) is 5.80. The van der Waals surface area contributed by atoms with Gasteiger partial charge in [0.05, 0.1) is 6.61 Å². The van der Waals surface area contributed by atoms with E-state index in [-0.39, 0.29) is 0 Å². The lowest BCUT2D eigenvalue weighted by molar-refractivity contribution is 0.199. The number of ether oxygens (including phenoxy) is 1. The van der Waals surface area contributed by atoms with Gasteiger partial charge in [-0.25, -0.2) is 4.98 Å². The molecule has 2 heterocycles. The third-order valence-electron chi connectivity index (χ3n) is 4.31. The molecule has 0 spiro atoms. The second-order valence-corrected chi connectivity index (χ2v) is 5.71. The van der Waals surface area contributed by atoms with Crippen LogP contribution in [0.4, 0.5) is 5.82 Å². The zero-order valence-electron chi connectivity index (χ0n) is 12.9. The predicted molar refractivity (Wildman–Crippen MR) is 83.0 cm³/mol. The summed E-state index contributed by atoms with van der Waals surface area (Å²) in [5, 5.41) is 3.42. The third-order valence-corrected chi connectivity index (χ3v) is 4.31. The molecule has 2 unspecified atom stereocenters. The highest BCUT2D eigenvalue weighted by Crippen LogP contribution is 2.29. The summed E-state index contributed by atoms with van der Waals surface area (Å²) in [6.45, 7) is 8.25. The van der Waals surface area contributed by atoms with Crippen molar-refractivity contribution < 1.29 is 4.74 Å². The van der Waals surface area contributed by atoms with Crippen LogP contribution in [-0.4, -0.2) is 37.8 Å². The minimum absolute atomic E-state index is 0.566. The molecule has 1 aliphatic rings. The topological polar surface area (TPSA) is 37.4 Å². The van der Waals surface area contributed by atoms with Crippen LogP contribution in [-0.2, 0) is 11.3 Å². The van der Waals surface area contributed by atoms with Gasteiger partial charge in [-0.05, 0) is 31.7 Å². The van der Waals surface area contributed by atoms with Crippen molar-refractivity contribution >= 4 is 5.82 Å². The minimum atomic E-state index is 0.566. The highest BCUT2D eigenvalue weighted by molar-refractivity contribution is 5.48. The molecule has 0 aliphatic carbocycles. The van der Waals surface area contributed by atoms with Crippen LogP contribution >= 0.6 is 0 Å². The summed E-state index contributed by atoms with van der Waals surface area (Å²) in [5.41, 5.74) is 1.28. The SMILES string of the molecule is COCCNCc1cccnc1N1CCCC(C)C1C. The molecule has 0 aromatic carbocycles. The maximum Gasteiger partial charge on any atom is 0.133 e. The van der Waals surface area contributed by atoms with Gasteiger partial charge in [0.25, 0.3) is 0 Å². The number of piperidine rings is 1. The standard InChI is InChI=1S/C16H27N3O/c1-13-6-5-10-19(14(13)2)16-15(7-4-8-18-16)12-17-9-11-20-3/h4,7-8,13-14,17H,5-6,9-12H2,1-3H3. The second kappa shape index (κ2) is 7.60. The summed E-state index contributed by atoms with van der Waals surface area (Å²) in [6.07, 6.45) is 4.49. The van der Waals surface area contributed by atoms with Crippen LogP contribution in [0.5, 0.6) is 0 Å². The van der Waals surface area contributed by atoms with Crippen molar-refractivity contribution in [3.8, 4) is 0 Å². The van der Waals surface area contributed by atoms with E-state index in [1.54, 1.807) is 7.11 Å². The Labute approximate surface area is 122 Å². The van der Waals surface area contributed by atoms with E-state index in [1.165, 1.54) is 18.4 Å². The van der Waals surface area contributed by atoms with E-state index >= 15 is 0 Å². The molecule has 1 N–H and O–H groups in total. The molecule has 0 saturated carbocycles. The van der Waals surface area contributed by atoms with Gasteiger partial charge in [-0.2, -0.15) is 0 Å². The van der Waals surface area contributed by atoms with Crippen molar-refractivity contribution in [2.75, 3.05) is 31.7 Å². The molecule has 112 valence electrons. The predicted octanol–water partition coefficient (Wildman–Crippen LogP) is 2.44. The van der Waals surface area contributed by atoms with E-state index in [1.807, 2.05) is 12.3 Å². The first kappa shape index (κ1) is 15.3. The van der Waals surface area contributed by atoms with Crippen LogP contribution in [0, 0.1) is 5.92 Å². The summed E-state index contributed by atoms with van der Waals surface area (Å²) in [7, 11) is 1.73. The second-order valence-electron chi connectivity index (χ2n) is 5.71. The van der Waals surface area contributed by atoms with Crippen LogP contribution in [0.1, 0.15) is 32.3 Å². The van der Waals surface area contributed by atoms with E-state index in [9.17, 15) is 0 Å². The molecule has 0 bridgehead atoms. The number of methoxy groups -OCH3 is 1. The van der Waals surface area contributed by atoms with Crippen molar-refractivity contribution in [3.63, 3.8) is 0 Å². The maximum atomic E-state index is 5.07. The van der Waals surface area contributed by atoms with E-state index in [0.29, 0.717) is 6.04 Å². The van der Waals surface area contributed by atoms with E-state index in [0.717, 1.165) is 38.0 Å². The van der Waals surface area contributed by atoms with Crippen molar-refractivity contribution in [2.45, 2.75) is 39.3 Å². The van der Waals surface area contributed by atoms with Crippen molar-refractivity contribution in [1.82, 2.24) is 10.3 Å². The van der Waals surface area contributed by atoms with Crippen molar-refractivity contribution in [2.24, 2.45) is 5.92 Å². The summed E-state index contributed by atoms with van der Waals surface area (Å²) in [6, 6.07) is 4.76. The lowest BCUT2D eigenvalue weighted by atomic mass is 9.92. The normalized spacial score (nSPS) is 23.1. The Morgan fingerprint density at radius 2 is 2.30 bits per heavy atom. The number of nitrogens with zero attached hydrogens (tertiary/aromatic N) is 2. The average Bonchev–Trinajstić information content (AvgIpc) is 2.47. The summed E-state index contributed by atoms with van der Waals surface area (Å²) >= 11 is 0. The van der Waals surface area contributed by atoms with Gasteiger partial charge in [0.1, 0.15) is 5.82 Å². The van der Waals surface area contributed by atoms with Gasteiger partial charge in [-0.3, -0.25) is 0 Å². The van der Waals surface area contributed by atoms with Gasteiger partial charge >= 0.3 is 0 Å². The molecule has 0 radical (unpaired) electrons. The van der Waals surface area contributed by atoms with E-state index in [4.69, 9.17) is 4.74 Å². The molecule has 1 aromatic rings. The monoisotopic (exact) mass is 277 g/mol. The molecule has 1 aromatic heterocycles. The Bertz CT molecular complexity index is 410. The molecule has 4 heteroatoms. The molecule has 2 atom stereocenters. The maximum absolute atomic E-state index is 5.07. The number of rotatable bonds is 6. The number of anilines is 1. The van der Waals surface area contributed by atoms with Crippen LogP contribution in [0.25, 0.3) is 0 Å². The molecule has 4 nitrogen and oxygen atoms in total. The molecule has 2 rings (SSSR count).